The monoisotopic (exact) mass is 798 g/mol. The van der Waals surface area contributed by atoms with Crippen molar-refractivity contribution in [2.24, 2.45) is 0 Å². The number of para-hydroxylation sites is 2. The Morgan fingerprint density at radius 2 is 0.683 bits per heavy atom. The summed E-state index contributed by atoms with van der Waals surface area (Å²) in [6, 6.07) is 85.7. The van der Waals surface area contributed by atoms with Gasteiger partial charge in [-0.25, -0.2) is 0 Å². The van der Waals surface area contributed by atoms with E-state index in [9.17, 15) is 0 Å². The number of rotatable bonds is 4. The Morgan fingerprint density at radius 3 is 1.35 bits per heavy atom. The average molecular weight is 799 g/mol. The van der Waals surface area contributed by atoms with Gasteiger partial charge in [-0.3, -0.25) is 0 Å². The second-order valence-corrected chi connectivity index (χ2v) is 17.2. The van der Waals surface area contributed by atoms with Gasteiger partial charge in [0.15, 0.2) is 0 Å². The van der Waals surface area contributed by atoms with E-state index < -0.39 is 5.41 Å². The lowest BCUT2D eigenvalue weighted by Crippen LogP contribution is -2.26. The van der Waals surface area contributed by atoms with E-state index in [0.717, 1.165) is 5.69 Å². The average Bonchev–Trinajstić information content (AvgIpc) is 4.06. The molecule has 1 spiro atoms. The molecule has 0 unspecified atom stereocenters. The van der Waals surface area contributed by atoms with Crippen molar-refractivity contribution in [3.8, 4) is 55.9 Å². The van der Waals surface area contributed by atoms with Gasteiger partial charge in [-0.15, -0.1) is 0 Å². The van der Waals surface area contributed by atoms with Crippen LogP contribution in [0.5, 0.6) is 0 Å². The Balaban J connectivity index is 0.952. The van der Waals surface area contributed by atoms with Crippen LogP contribution in [-0.2, 0) is 5.41 Å². The lowest BCUT2D eigenvalue weighted by Gasteiger charge is -2.30. The van der Waals surface area contributed by atoms with Crippen LogP contribution < -0.4 is 0 Å². The minimum absolute atomic E-state index is 0.405. The molecule has 2 aliphatic rings. The van der Waals surface area contributed by atoms with Gasteiger partial charge in [-0.1, -0.05) is 176 Å². The van der Waals surface area contributed by atoms with Crippen molar-refractivity contribution in [1.29, 1.82) is 0 Å². The topological polar surface area (TPSA) is 9.86 Å². The summed E-state index contributed by atoms with van der Waals surface area (Å²) in [6.45, 7) is 0. The second kappa shape index (κ2) is 12.9. The summed E-state index contributed by atoms with van der Waals surface area (Å²) in [6.07, 6.45) is 0. The van der Waals surface area contributed by atoms with Gasteiger partial charge in [-0.05, 0) is 121 Å². The van der Waals surface area contributed by atoms with E-state index in [1.807, 2.05) is 0 Å². The van der Waals surface area contributed by atoms with Crippen molar-refractivity contribution in [1.82, 2.24) is 9.13 Å². The largest absolute Gasteiger partial charge is 0.309 e. The molecule has 0 fully saturated rings. The minimum Gasteiger partial charge on any atom is -0.309 e. The predicted octanol–water partition coefficient (Wildman–Crippen LogP) is 15.6. The fourth-order valence-electron chi connectivity index (χ4n) is 11.5. The van der Waals surface area contributed by atoms with Gasteiger partial charge in [0.1, 0.15) is 0 Å². The first-order valence-electron chi connectivity index (χ1n) is 21.9. The maximum atomic E-state index is 2.50. The van der Waals surface area contributed by atoms with Gasteiger partial charge in [0.05, 0.1) is 27.5 Å². The molecule has 2 nitrogen and oxygen atoms in total. The number of hydrogen-bond acceptors (Lipinski definition) is 0. The number of fused-ring (bicyclic) bond motifs is 16. The standard InChI is InChI=1S/C61H38N2/c1-2-14-39(15-3-1)40-26-30-43(31-27-40)62-58-25-13-8-20-50(58)52-36-41(29-35-59(52)62)42-28-33-51-49-19-7-12-24-57(49)63(60(51)37-42)44-32-34-48-47-18-6-11-23-55(47)61(56(48)38-44)53-21-9-4-16-45(53)46-17-5-10-22-54(46)61/h1-38H. The molecular formula is C61H38N2. The molecule has 0 atom stereocenters. The maximum Gasteiger partial charge on any atom is 0.0726 e. The molecule has 0 aliphatic heterocycles. The third kappa shape index (κ3) is 4.67. The van der Waals surface area contributed by atoms with Crippen molar-refractivity contribution >= 4 is 43.6 Å². The van der Waals surface area contributed by atoms with E-state index in [1.54, 1.807) is 0 Å². The summed E-state index contributed by atoms with van der Waals surface area (Å²) in [4.78, 5) is 0. The first-order valence-corrected chi connectivity index (χ1v) is 21.9. The molecule has 0 saturated carbocycles. The molecule has 2 aliphatic carbocycles. The molecule has 10 aromatic carbocycles. The van der Waals surface area contributed by atoms with Gasteiger partial charge >= 0.3 is 0 Å². The number of benzene rings is 10. The summed E-state index contributed by atoms with van der Waals surface area (Å²) in [5.74, 6) is 0. The molecule has 0 amide bonds. The van der Waals surface area contributed by atoms with E-state index in [0.29, 0.717) is 0 Å². The van der Waals surface area contributed by atoms with Gasteiger partial charge in [-0.2, -0.15) is 0 Å². The lowest BCUT2D eigenvalue weighted by molar-refractivity contribution is 0.792. The fraction of sp³-hybridized carbons (Fsp3) is 0.0164. The van der Waals surface area contributed by atoms with Crippen LogP contribution in [0.3, 0.4) is 0 Å². The summed E-state index contributed by atoms with van der Waals surface area (Å²) >= 11 is 0. The predicted molar refractivity (Wildman–Crippen MR) is 262 cm³/mol. The molecule has 2 aromatic heterocycles. The van der Waals surface area contributed by atoms with E-state index in [4.69, 9.17) is 0 Å². The van der Waals surface area contributed by atoms with E-state index in [2.05, 4.69) is 240 Å². The van der Waals surface area contributed by atoms with Crippen molar-refractivity contribution in [2.75, 3.05) is 0 Å². The second-order valence-electron chi connectivity index (χ2n) is 17.2. The van der Waals surface area contributed by atoms with Crippen LogP contribution >= 0.6 is 0 Å². The third-order valence-corrected chi connectivity index (χ3v) is 14.2. The summed E-state index contributed by atoms with van der Waals surface area (Å²) in [5.41, 5.74) is 22.3. The van der Waals surface area contributed by atoms with Crippen LogP contribution in [0.4, 0.5) is 0 Å². The molecule has 2 heterocycles. The quantitative estimate of drug-likeness (QED) is 0.168. The highest BCUT2D eigenvalue weighted by atomic mass is 15.0. The van der Waals surface area contributed by atoms with Crippen molar-refractivity contribution < 1.29 is 0 Å². The van der Waals surface area contributed by atoms with Gasteiger partial charge in [0.25, 0.3) is 0 Å². The highest BCUT2D eigenvalue weighted by Crippen LogP contribution is 2.63. The molecule has 0 radical (unpaired) electrons. The first-order chi connectivity index (χ1) is 31.3. The van der Waals surface area contributed by atoms with Crippen molar-refractivity contribution in [3.63, 3.8) is 0 Å². The Hall–Kier alpha value is -8.20. The zero-order valence-corrected chi connectivity index (χ0v) is 34.3. The minimum atomic E-state index is -0.405. The molecule has 2 heteroatoms. The smallest absolute Gasteiger partial charge is 0.0726 e. The summed E-state index contributed by atoms with van der Waals surface area (Å²) < 4.78 is 4.91. The Kier molecular flexibility index (Phi) is 7.07. The molecule has 0 N–H and O–H groups in total. The van der Waals surface area contributed by atoms with Gasteiger partial charge in [0.2, 0.25) is 0 Å². The maximum absolute atomic E-state index is 2.50. The Bertz CT molecular complexity index is 3780. The zero-order chi connectivity index (χ0) is 41.2. The van der Waals surface area contributed by atoms with E-state index in [-0.39, 0.29) is 0 Å². The molecule has 292 valence electrons. The SMILES string of the molecule is c1ccc(-c2ccc(-n3c4ccccc4c4cc(-c5ccc6c7ccccc7n(-c7ccc8c(c7)C7(c9ccccc9-c9ccccc97)c7ccccc7-8)c6c5)ccc43)cc2)cc1. The van der Waals surface area contributed by atoms with E-state index >= 15 is 0 Å². The van der Waals surface area contributed by atoms with E-state index in [1.165, 1.54) is 116 Å². The number of hydrogen-bond donors (Lipinski definition) is 0. The summed E-state index contributed by atoms with van der Waals surface area (Å²) in [7, 11) is 0. The lowest BCUT2D eigenvalue weighted by atomic mass is 9.70. The molecular weight excluding hydrogens is 761 g/mol. The summed E-state index contributed by atoms with van der Waals surface area (Å²) in [5, 5.41) is 5.00. The molecule has 14 rings (SSSR count). The first kappa shape index (κ1) is 34.5. The van der Waals surface area contributed by atoms with Crippen LogP contribution in [0.15, 0.2) is 231 Å². The number of nitrogens with zero attached hydrogens (tertiary/aromatic N) is 2. The molecule has 0 saturated heterocycles. The Labute approximate surface area is 365 Å². The van der Waals surface area contributed by atoms with Crippen molar-refractivity contribution in [3.05, 3.63) is 253 Å². The van der Waals surface area contributed by atoms with Gasteiger partial charge in [0, 0.05) is 32.9 Å². The van der Waals surface area contributed by atoms with Crippen LogP contribution in [0.2, 0.25) is 0 Å². The fourth-order valence-corrected chi connectivity index (χ4v) is 11.5. The van der Waals surface area contributed by atoms with Gasteiger partial charge < -0.3 is 9.13 Å². The van der Waals surface area contributed by atoms with Crippen molar-refractivity contribution in [2.45, 2.75) is 5.41 Å². The highest BCUT2D eigenvalue weighted by Gasteiger charge is 2.51. The van der Waals surface area contributed by atoms with Crippen LogP contribution in [0.25, 0.3) is 99.5 Å². The number of aromatic nitrogens is 2. The van der Waals surface area contributed by atoms with Crippen LogP contribution in [0, 0.1) is 0 Å². The van der Waals surface area contributed by atoms with Crippen LogP contribution in [0.1, 0.15) is 22.3 Å². The van der Waals surface area contributed by atoms with Crippen LogP contribution in [-0.4, -0.2) is 9.13 Å². The molecule has 0 bridgehead atoms. The molecule has 12 aromatic rings. The zero-order valence-electron chi connectivity index (χ0n) is 34.3. The third-order valence-electron chi connectivity index (χ3n) is 14.2. The Morgan fingerprint density at radius 1 is 0.238 bits per heavy atom. The normalized spacial score (nSPS) is 13.2. The highest BCUT2D eigenvalue weighted by molar-refractivity contribution is 6.12. The molecule has 63 heavy (non-hydrogen) atoms.